The zero-order valence-corrected chi connectivity index (χ0v) is 7.92. The molecule has 0 aliphatic carbocycles. The van der Waals surface area contributed by atoms with E-state index in [0.29, 0.717) is 6.42 Å². The van der Waals surface area contributed by atoms with Gasteiger partial charge >= 0.3 is 0 Å². The predicted octanol–water partition coefficient (Wildman–Crippen LogP) is 1.05. The van der Waals surface area contributed by atoms with Gasteiger partial charge < -0.3 is 0 Å². The SMILES string of the molecule is O=S1(=O)CC[C@H](c2ccccc2)N1. The molecule has 0 amide bonds. The molecule has 3 nitrogen and oxygen atoms in total. The van der Waals surface area contributed by atoms with Gasteiger partial charge in [0.25, 0.3) is 0 Å². The van der Waals surface area contributed by atoms with Crippen molar-refractivity contribution in [1.29, 1.82) is 0 Å². The molecule has 1 saturated heterocycles. The van der Waals surface area contributed by atoms with Gasteiger partial charge in [-0.3, -0.25) is 0 Å². The predicted molar refractivity (Wildman–Crippen MR) is 50.7 cm³/mol. The van der Waals surface area contributed by atoms with Gasteiger partial charge in [-0.15, -0.1) is 0 Å². The lowest BCUT2D eigenvalue weighted by atomic mass is 10.1. The molecule has 1 aromatic rings. The van der Waals surface area contributed by atoms with Crippen molar-refractivity contribution in [3.8, 4) is 0 Å². The summed E-state index contributed by atoms with van der Waals surface area (Å²) < 4.78 is 24.8. The Hall–Kier alpha value is -0.870. The minimum absolute atomic E-state index is 0.0220. The van der Waals surface area contributed by atoms with Crippen LogP contribution >= 0.6 is 0 Å². The Morgan fingerprint density at radius 2 is 1.92 bits per heavy atom. The van der Waals surface area contributed by atoms with Crippen LogP contribution in [0, 0.1) is 0 Å². The van der Waals surface area contributed by atoms with Crippen molar-refractivity contribution in [3.05, 3.63) is 35.9 Å². The van der Waals surface area contributed by atoms with Gasteiger partial charge in [-0.2, -0.15) is 0 Å². The molecule has 1 aliphatic heterocycles. The largest absolute Gasteiger partial charge is 0.212 e. The second kappa shape index (κ2) is 3.12. The fourth-order valence-electron chi connectivity index (χ4n) is 1.53. The van der Waals surface area contributed by atoms with Crippen LogP contribution in [0.3, 0.4) is 0 Å². The number of benzene rings is 1. The fourth-order valence-corrected chi connectivity index (χ4v) is 2.88. The number of hydrogen-bond acceptors (Lipinski definition) is 2. The third-order valence-corrected chi connectivity index (χ3v) is 3.62. The van der Waals surface area contributed by atoms with Crippen molar-refractivity contribution in [2.75, 3.05) is 5.75 Å². The van der Waals surface area contributed by atoms with Crippen molar-refractivity contribution in [2.24, 2.45) is 0 Å². The number of rotatable bonds is 1. The van der Waals surface area contributed by atoms with Crippen molar-refractivity contribution >= 4 is 10.0 Å². The minimum atomic E-state index is -2.99. The minimum Gasteiger partial charge on any atom is -0.212 e. The van der Waals surface area contributed by atoms with Crippen molar-refractivity contribution in [1.82, 2.24) is 4.72 Å². The molecule has 13 heavy (non-hydrogen) atoms. The van der Waals surface area contributed by atoms with Crippen LogP contribution in [0.1, 0.15) is 18.0 Å². The van der Waals surface area contributed by atoms with Crippen molar-refractivity contribution < 1.29 is 8.42 Å². The first-order valence-corrected chi connectivity index (χ1v) is 5.87. The Morgan fingerprint density at radius 1 is 1.23 bits per heavy atom. The molecule has 70 valence electrons. The Balaban J connectivity index is 2.22. The summed E-state index contributed by atoms with van der Waals surface area (Å²) in [6.45, 7) is 0. The maximum Gasteiger partial charge on any atom is 0.212 e. The fraction of sp³-hybridized carbons (Fsp3) is 0.333. The van der Waals surface area contributed by atoms with E-state index in [1.54, 1.807) is 0 Å². The zero-order valence-electron chi connectivity index (χ0n) is 7.10. The second-order valence-corrected chi connectivity index (χ2v) is 5.06. The van der Waals surface area contributed by atoms with Gasteiger partial charge in [0.1, 0.15) is 0 Å². The average molecular weight is 197 g/mol. The molecule has 1 aliphatic rings. The maximum atomic E-state index is 11.1. The first kappa shape index (κ1) is 8.72. The van der Waals surface area contributed by atoms with Gasteiger partial charge in [-0.25, -0.2) is 13.1 Å². The summed E-state index contributed by atoms with van der Waals surface area (Å²) in [6.07, 6.45) is 0.673. The highest BCUT2D eigenvalue weighted by Gasteiger charge is 2.27. The first-order chi connectivity index (χ1) is 6.17. The van der Waals surface area contributed by atoms with Crippen LogP contribution in [0.25, 0.3) is 0 Å². The number of nitrogens with one attached hydrogen (secondary N) is 1. The molecular weight excluding hydrogens is 186 g/mol. The Labute approximate surface area is 77.8 Å². The topological polar surface area (TPSA) is 46.2 Å². The van der Waals surface area contributed by atoms with E-state index in [1.807, 2.05) is 30.3 Å². The molecule has 0 bridgehead atoms. The van der Waals surface area contributed by atoms with E-state index in [-0.39, 0.29) is 11.8 Å². The summed E-state index contributed by atoms with van der Waals surface area (Å²) in [6, 6.07) is 9.62. The molecule has 0 saturated carbocycles. The van der Waals surface area contributed by atoms with Crippen LogP contribution in [-0.2, 0) is 10.0 Å². The Morgan fingerprint density at radius 3 is 2.46 bits per heavy atom. The third-order valence-electron chi connectivity index (χ3n) is 2.20. The zero-order chi connectivity index (χ0) is 9.31. The Kier molecular flexibility index (Phi) is 2.09. The van der Waals surface area contributed by atoms with Gasteiger partial charge in [0.05, 0.1) is 5.75 Å². The van der Waals surface area contributed by atoms with Gasteiger partial charge in [-0.05, 0) is 12.0 Å². The van der Waals surface area contributed by atoms with E-state index in [0.717, 1.165) is 5.56 Å². The molecule has 4 heteroatoms. The van der Waals surface area contributed by atoms with Crippen LogP contribution in [0.15, 0.2) is 30.3 Å². The summed E-state index contributed by atoms with van der Waals surface area (Å²) in [5, 5.41) is 0. The maximum absolute atomic E-state index is 11.1. The Bertz CT molecular complexity index is 385. The number of hydrogen-bond donors (Lipinski definition) is 1. The quantitative estimate of drug-likeness (QED) is 0.731. The lowest BCUT2D eigenvalue weighted by molar-refractivity contribution is 0.586. The third kappa shape index (κ3) is 1.89. The van der Waals surface area contributed by atoms with E-state index in [1.165, 1.54) is 0 Å². The summed E-state index contributed by atoms with van der Waals surface area (Å²) in [7, 11) is -2.99. The van der Waals surface area contributed by atoms with Gasteiger partial charge in [0, 0.05) is 6.04 Å². The lowest BCUT2D eigenvalue weighted by Gasteiger charge is -2.07. The summed E-state index contributed by atoms with van der Waals surface area (Å²) >= 11 is 0. The molecule has 0 unspecified atom stereocenters. The molecule has 1 atom stereocenters. The molecule has 1 fully saturated rings. The molecule has 1 N–H and O–H groups in total. The average Bonchev–Trinajstić information content (AvgIpc) is 2.48. The van der Waals surface area contributed by atoms with Gasteiger partial charge in [-0.1, -0.05) is 30.3 Å². The van der Waals surface area contributed by atoms with E-state index < -0.39 is 10.0 Å². The molecule has 1 heterocycles. The highest BCUT2D eigenvalue weighted by Crippen LogP contribution is 2.23. The monoisotopic (exact) mass is 197 g/mol. The van der Waals surface area contributed by atoms with Gasteiger partial charge in [0.15, 0.2) is 0 Å². The van der Waals surface area contributed by atoms with E-state index in [4.69, 9.17) is 0 Å². The highest BCUT2D eigenvalue weighted by atomic mass is 32.2. The van der Waals surface area contributed by atoms with Crippen LogP contribution < -0.4 is 4.72 Å². The van der Waals surface area contributed by atoms with Crippen LogP contribution in [-0.4, -0.2) is 14.2 Å². The van der Waals surface area contributed by atoms with E-state index in [9.17, 15) is 8.42 Å². The normalized spacial score (nSPS) is 26.0. The highest BCUT2D eigenvalue weighted by molar-refractivity contribution is 7.89. The molecule has 1 aromatic carbocycles. The van der Waals surface area contributed by atoms with Gasteiger partial charge in [0.2, 0.25) is 10.0 Å². The van der Waals surface area contributed by atoms with E-state index in [2.05, 4.69) is 4.72 Å². The molecule has 2 rings (SSSR count). The van der Waals surface area contributed by atoms with Crippen molar-refractivity contribution in [2.45, 2.75) is 12.5 Å². The van der Waals surface area contributed by atoms with Crippen LogP contribution in [0.2, 0.25) is 0 Å². The summed E-state index contributed by atoms with van der Waals surface area (Å²) in [5.41, 5.74) is 1.04. The van der Waals surface area contributed by atoms with Crippen molar-refractivity contribution in [3.63, 3.8) is 0 Å². The van der Waals surface area contributed by atoms with E-state index >= 15 is 0 Å². The van der Waals surface area contributed by atoms with Crippen LogP contribution in [0.5, 0.6) is 0 Å². The standard InChI is InChI=1S/C9H11NO2S/c11-13(12)7-6-9(10-13)8-4-2-1-3-5-8/h1-5,9-10H,6-7H2/t9-/m1/s1. The first-order valence-electron chi connectivity index (χ1n) is 4.22. The summed E-state index contributed by atoms with van der Waals surface area (Å²) in [4.78, 5) is 0. The molecular formula is C9H11NO2S. The summed E-state index contributed by atoms with van der Waals surface area (Å²) in [5.74, 6) is 0.243. The lowest BCUT2D eigenvalue weighted by Crippen LogP contribution is -2.19. The smallest absolute Gasteiger partial charge is 0.212 e. The molecule has 0 aromatic heterocycles. The molecule has 0 spiro atoms. The van der Waals surface area contributed by atoms with Crippen LogP contribution in [0.4, 0.5) is 0 Å². The number of sulfonamides is 1. The molecule has 0 radical (unpaired) electrons. The second-order valence-electron chi connectivity index (χ2n) is 3.19.